The molecule has 31 heavy (non-hydrogen) atoms. The summed E-state index contributed by atoms with van der Waals surface area (Å²) in [6.45, 7) is 4.30. The predicted molar refractivity (Wildman–Crippen MR) is 122 cm³/mol. The number of benzene rings is 3. The number of aryl methyl sites for hydroxylation is 1. The zero-order chi connectivity index (χ0) is 22.1. The first-order valence-corrected chi connectivity index (χ1v) is 10.5. The van der Waals surface area contributed by atoms with Crippen LogP contribution in [0.4, 0.5) is 0 Å². The molecule has 0 aliphatic rings. The van der Waals surface area contributed by atoms with Crippen molar-refractivity contribution in [2.24, 2.45) is 0 Å². The molecule has 0 aromatic heterocycles. The molecule has 0 fully saturated rings. The molecule has 0 unspecified atom stereocenters. The van der Waals surface area contributed by atoms with Crippen LogP contribution in [0.5, 0.6) is 5.75 Å². The van der Waals surface area contributed by atoms with Crippen molar-refractivity contribution in [2.45, 2.75) is 32.9 Å². The van der Waals surface area contributed by atoms with Gasteiger partial charge in [0.25, 0.3) is 11.8 Å². The fraction of sp³-hybridized carbons (Fsp3) is 0.231. The van der Waals surface area contributed by atoms with Crippen molar-refractivity contribution < 1.29 is 14.3 Å². The summed E-state index contributed by atoms with van der Waals surface area (Å²) in [5.41, 5.74) is 3.70. The molecule has 0 saturated carbocycles. The van der Waals surface area contributed by atoms with Gasteiger partial charge in [0.2, 0.25) is 0 Å². The van der Waals surface area contributed by atoms with Gasteiger partial charge in [-0.3, -0.25) is 9.59 Å². The Balaban J connectivity index is 1.54. The van der Waals surface area contributed by atoms with Crippen molar-refractivity contribution in [1.82, 2.24) is 10.6 Å². The van der Waals surface area contributed by atoms with Gasteiger partial charge in [0, 0.05) is 6.54 Å². The van der Waals surface area contributed by atoms with E-state index < -0.39 is 0 Å². The van der Waals surface area contributed by atoms with Crippen molar-refractivity contribution in [1.29, 1.82) is 0 Å². The van der Waals surface area contributed by atoms with E-state index in [4.69, 9.17) is 4.74 Å². The van der Waals surface area contributed by atoms with Crippen LogP contribution in [-0.2, 0) is 17.8 Å². The van der Waals surface area contributed by atoms with E-state index in [9.17, 15) is 9.59 Å². The summed E-state index contributed by atoms with van der Waals surface area (Å²) in [4.78, 5) is 25.0. The van der Waals surface area contributed by atoms with E-state index in [1.54, 1.807) is 24.3 Å². The van der Waals surface area contributed by atoms with Crippen molar-refractivity contribution in [3.8, 4) is 5.75 Å². The molecule has 1 atom stereocenters. The number of para-hydroxylation sites is 1. The third kappa shape index (κ3) is 6.44. The Bertz CT molecular complexity index is 1000. The SMILES string of the molecule is CCc1ccc([C@@H](C)NC(=O)COc2ccccc2C(=O)NCc2ccccc2)cc1. The molecule has 0 heterocycles. The number of hydrogen-bond donors (Lipinski definition) is 2. The second-order valence-electron chi connectivity index (χ2n) is 7.34. The number of ether oxygens (including phenoxy) is 1. The van der Waals surface area contributed by atoms with Crippen LogP contribution < -0.4 is 15.4 Å². The summed E-state index contributed by atoms with van der Waals surface area (Å²) in [7, 11) is 0. The highest BCUT2D eigenvalue weighted by Crippen LogP contribution is 2.18. The maximum absolute atomic E-state index is 12.6. The van der Waals surface area contributed by atoms with Gasteiger partial charge in [-0.15, -0.1) is 0 Å². The summed E-state index contributed by atoms with van der Waals surface area (Å²) < 4.78 is 5.67. The zero-order valence-corrected chi connectivity index (χ0v) is 17.9. The number of hydrogen-bond acceptors (Lipinski definition) is 3. The Hall–Kier alpha value is -3.60. The lowest BCUT2D eigenvalue weighted by atomic mass is 10.1. The summed E-state index contributed by atoms with van der Waals surface area (Å²) >= 11 is 0. The van der Waals surface area contributed by atoms with E-state index in [1.165, 1.54) is 5.56 Å². The van der Waals surface area contributed by atoms with Gasteiger partial charge >= 0.3 is 0 Å². The lowest BCUT2D eigenvalue weighted by Crippen LogP contribution is -2.31. The van der Waals surface area contributed by atoms with Crippen LogP contribution in [0.2, 0.25) is 0 Å². The van der Waals surface area contributed by atoms with Gasteiger partial charge in [-0.1, -0.05) is 73.7 Å². The molecule has 3 aromatic rings. The topological polar surface area (TPSA) is 67.4 Å². The molecule has 3 rings (SSSR count). The molecule has 2 amide bonds. The van der Waals surface area contributed by atoms with Crippen LogP contribution in [0.1, 0.15) is 46.9 Å². The molecule has 0 aliphatic carbocycles. The number of carbonyl (C=O) groups is 2. The maximum atomic E-state index is 12.6. The molecular weight excluding hydrogens is 388 g/mol. The second kappa shape index (κ2) is 11.0. The molecule has 5 heteroatoms. The van der Waals surface area contributed by atoms with Crippen molar-refractivity contribution in [3.63, 3.8) is 0 Å². The fourth-order valence-corrected chi connectivity index (χ4v) is 3.21. The third-order valence-corrected chi connectivity index (χ3v) is 5.05. The molecule has 2 N–H and O–H groups in total. The average Bonchev–Trinajstić information content (AvgIpc) is 2.82. The first-order chi connectivity index (χ1) is 15.1. The van der Waals surface area contributed by atoms with Crippen LogP contribution in [-0.4, -0.2) is 18.4 Å². The molecule has 3 aromatic carbocycles. The van der Waals surface area contributed by atoms with Gasteiger partial charge in [-0.2, -0.15) is 0 Å². The fourth-order valence-electron chi connectivity index (χ4n) is 3.21. The van der Waals surface area contributed by atoms with E-state index >= 15 is 0 Å². The Morgan fingerprint density at radius 2 is 1.55 bits per heavy atom. The van der Waals surface area contributed by atoms with E-state index in [-0.39, 0.29) is 24.5 Å². The van der Waals surface area contributed by atoms with E-state index in [2.05, 4.69) is 29.7 Å². The van der Waals surface area contributed by atoms with Crippen molar-refractivity contribution in [2.75, 3.05) is 6.61 Å². The lowest BCUT2D eigenvalue weighted by molar-refractivity contribution is -0.123. The quantitative estimate of drug-likeness (QED) is 0.542. The minimum atomic E-state index is -0.246. The Morgan fingerprint density at radius 3 is 2.26 bits per heavy atom. The summed E-state index contributed by atoms with van der Waals surface area (Å²) in [6, 6.07) is 24.7. The summed E-state index contributed by atoms with van der Waals surface area (Å²) in [5.74, 6) is -0.112. The number of nitrogens with one attached hydrogen (secondary N) is 2. The second-order valence-corrected chi connectivity index (χ2v) is 7.34. The van der Waals surface area contributed by atoms with E-state index in [0.717, 1.165) is 17.5 Å². The molecule has 5 nitrogen and oxygen atoms in total. The summed E-state index contributed by atoms with van der Waals surface area (Å²) in [6.07, 6.45) is 0.979. The molecule has 0 bridgehead atoms. The minimum absolute atomic E-state index is 0.133. The van der Waals surface area contributed by atoms with Crippen LogP contribution in [0.3, 0.4) is 0 Å². The predicted octanol–water partition coefficient (Wildman–Crippen LogP) is 4.44. The molecular formula is C26H28N2O3. The Labute approximate surface area is 183 Å². The first kappa shape index (κ1) is 22.1. The Kier molecular flexibility index (Phi) is 7.82. The smallest absolute Gasteiger partial charge is 0.258 e. The van der Waals surface area contributed by atoms with Gasteiger partial charge in [-0.25, -0.2) is 0 Å². The molecule has 0 aliphatic heterocycles. The van der Waals surface area contributed by atoms with Crippen molar-refractivity contribution >= 4 is 11.8 Å². The van der Waals surface area contributed by atoms with Gasteiger partial charge in [0.15, 0.2) is 6.61 Å². The molecule has 0 radical (unpaired) electrons. The third-order valence-electron chi connectivity index (χ3n) is 5.05. The van der Waals surface area contributed by atoms with Gasteiger partial charge in [0.05, 0.1) is 11.6 Å². The summed E-state index contributed by atoms with van der Waals surface area (Å²) in [5, 5.41) is 5.82. The molecule has 0 saturated heterocycles. The van der Waals surface area contributed by atoms with E-state index in [0.29, 0.717) is 17.9 Å². The van der Waals surface area contributed by atoms with Gasteiger partial charge < -0.3 is 15.4 Å². The normalized spacial score (nSPS) is 11.4. The number of amides is 2. The number of carbonyl (C=O) groups excluding carboxylic acids is 2. The lowest BCUT2D eigenvalue weighted by Gasteiger charge is -2.16. The molecule has 160 valence electrons. The highest BCUT2D eigenvalue weighted by Gasteiger charge is 2.14. The van der Waals surface area contributed by atoms with E-state index in [1.807, 2.05) is 49.4 Å². The van der Waals surface area contributed by atoms with Crippen molar-refractivity contribution in [3.05, 3.63) is 101 Å². The van der Waals surface area contributed by atoms with Crippen LogP contribution >= 0.6 is 0 Å². The monoisotopic (exact) mass is 416 g/mol. The number of rotatable bonds is 9. The average molecular weight is 417 g/mol. The van der Waals surface area contributed by atoms with Gasteiger partial charge in [-0.05, 0) is 42.2 Å². The minimum Gasteiger partial charge on any atom is -0.483 e. The highest BCUT2D eigenvalue weighted by atomic mass is 16.5. The zero-order valence-electron chi connectivity index (χ0n) is 17.9. The van der Waals surface area contributed by atoms with Crippen LogP contribution in [0.15, 0.2) is 78.9 Å². The van der Waals surface area contributed by atoms with Crippen LogP contribution in [0.25, 0.3) is 0 Å². The first-order valence-electron chi connectivity index (χ1n) is 10.5. The van der Waals surface area contributed by atoms with Gasteiger partial charge in [0.1, 0.15) is 5.75 Å². The largest absolute Gasteiger partial charge is 0.483 e. The van der Waals surface area contributed by atoms with Crippen LogP contribution in [0, 0.1) is 0 Å². The Morgan fingerprint density at radius 1 is 0.871 bits per heavy atom. The maximum Gasteiger partial charge on any atom is 0.258 e. The standard InChI is InChI=1S/C26H28N2O3/c1-3-20-13-15-22(16-14-20)19(2)28-25(29)18-31-24-12-8-7-11-23(24)26(30)27-17-21-9-5-4-6-10-21/h4-16,19H,3,17-18H2,1-2H3,(H,27,30)(H,28,29)/t19-/m1/s1. The molecule has 0 spiro atoms. The highest BCUT2D eigenvalue weighted by molar-refractivity contribution is 5.97.